The highest BCUT2D eigenvalue weighted by Gasteiger charge is 2.10. The Balaban J connectivity index is 1.89. The number of nitrogens with one attached hydrogen (secondary N) is 2. The van der Waals surface area contributed by atoms with Crippen LogP contribution in [-0.2, 0) is 0 Å². The van der Waals surface area contributed by atoms with E-state index in [9.17, 15) is 13.6 Å². The zero-order valence-electron chi connectivity index (χ0n) is 11.9. The topological polar surface area (TPSA) is 63.2 Å². The number of anilines is 1. The first-order valence-electron chi connectivity index (χ1n) is 6.60. The number of hydrogen-bond donors (Lipinski definition) is 2. The number of nitrogens with zero attached hydrogens (tertiary/aromatic N) is 1. The van der Waals surface area contributed by atoms with Gasteiger partial charge in [0.1, 0.15) is 18.2 Å². The SMILES string of the molecule is CNC(=O)c1cccnc1NCCOc1ccc(F)c(F)c1. The molecule has 5 nitrogen and oxygen atoms in total. The van der Waals surface area contributed by atoms with Crippen LogP contribution in [0.5, 0.6) is 5.75 Å². The lowest BCUT2D eigenvalue weighted by Crippen LogP contribution is -2.21. The van der Waals surface area contributed by atoms with Crippen LogP contribution in [0.25, 0.3) is 0 Å². The predicted molar refractivity (Wildman–Crippen MR) is 78.0 cm³/mol. The van der Waals surface area contributed by atoms with E-state index < -0.39 is 11.6 Å². The summed E-state index contributed by atoms with van der Waals surface area (Å²) in [7, 11) is 1.53. The highest BCUT2D eigenvalue weighted by molar-refractivity contribution is 5.98. The molecule has 0 bridgehead atoms. The maximum Gasteiger partial charge on any atom is 0.254 e. The third-order valence-corrected chi connectivity index (χ3v) is 2.83. The van der Waals surface area contributed by atoms with Crippen LogP contribution in [0.3, 0.4) is 0 Å². The fraction of sp³-hybridized carbons (Fsp3) is 0.200. The van der Waals surface area contributed by atoms with Crippen LogP contribution in [0.4, 0.5) is 14.6 Å². The van der Waals surface area contributed by atoms with Gasteiger partial charge in [-0.15, -0.1) is 0 Å². The van der Waals surface area contributed by atoms with E-state index >= 15 is 0 Å². The molecule has 0 aliphatic heterocycles. The maximum absolute atomic E-state index is 13.0. The number of pyridine rings is 1. The van der Waals surface area contributed by atoms with E-state index in [0.717, 1.165) is 12.1 Å². The van der Waals surface area contributed by atoms with Gasteiger partial charge in [0, 0.05) is 19.3 Å². The van der Waals surface area contributed by atoms with Gasteiger partial charge in [0.05, 0.1) is 12.1 Å². The molecule has 0 unspecified atom stereocenters. The average molecular weight is 307 g/mol. The fourth-order valence-electron chi connectivity index (χ4n) is 1.77. The molecule has 0 saturated carbocycles. The smallest absolute Gasteiger partial charge is 0.254 e. The van der Waals surface area contributed by atoms with Crippen molar-refractivity contribution in [2.75, 3.05) is 25.5 Å². The summed E-state index contributed by atoms with van der Waals surface area (Å²) in [6.45, 7) is 0.550. The van der Waals surface area contributed by atoms with Crippen LogP contribution in [0, 0.1) is 11.6 Å². The Morgan fingerprint density at radius 1 is 1.27 bits per heavy atom. The number of rotatable bonds is 6. The lowest BCUT2D eigenvalue weighted by atomic mass is 10.2. The van der Waals surface area contributed by atoms with Crippen LogP contribution in [0.1, 0.15) is 10.4 Å². The normalized spacial score (nSPS) is 10.1. The molecule has 0 aliphatic carbocycles. The monoisotopic (exact) mass is 307 g/mol. The summed E-state index contributed by atoms with van der Waals surface area (Å²) in [5.74, 6) is -1.48. The highest BCUT2D eigenvalue weighted by Crippen LogP contribution is 2.15. The second kappa shape index (κ2) is 7.35. The Morgan fingerprint density at radius 3 is 2.82 bits per heavy atom. The van der Waals surface area contributed by atoms with Crippen molar-refractivity contribution >= 4 is 11.7 Å². The minimum atomic E-state index is -0.961. The molecule has 1 aromatic carbocycles. The Bertz CT molecular complexity index is 665. The first kappa shape index (κ1) is 15.7. The number of carbonyl (C=O) groups excluding carboxylic acids is 1. The van der Waals surface area contributed by atoms with E-state index in [1.54, 1.807) is 18.3 Å². The summed E-state index contributed by atoms with van der Waals surface area (Å²) in [5.41, 5.74) is 0.415. The number of benzene rings is 1. The van der Waals surface area contributed by atoms with Gasteiger partial charge in [-0.3, -0.25) is 4.79 Å². The predicted octanol–water partition coefficient (Wildman–Crippen LogP) is 2.21. The van der Waals surface area contributed by atoms with Crippen molar-refractivity contribution in [1.29, 1.82) is 0 Å². The quantitative estimate of drug-likeness (QED) is 0.803. The molecular formula is C15H15F2N3O2. The van der Waals surface area contributed by atoms with Crippen molar-refractivity contribution in [3.8, 4) is 5.75 Å². The van der Waals surface area contributed by atoms with Crippen molar-refractivity contribution in [2.24, 2.45) is 0 Å². The zero-order valence-corrected chi connectivity index (χ0v) is 11.9. The van der Waals surface area contributed by atoms with E-state index in [4.69, 9.17) is 4.74 Å². The fourth-order valence-corrected chi connectivity index (χ4v) is 1.77. The first-order chi connectivity index (χ1) is 10.6. The Kier molecular flexibility index (Phi) is 5.24. The van der Waals surface area contributed by atoms with Crippen molar-refractivity contribution in [3.63, 3.8) is 0 Å². The van der Waals surface area contributed by atoms with Gasteiger partial charge >= 0.3 is 0 Å². The zero-order chi connectivity index (χ0) is 15.9. The van der Waals surface area contributed by atoms with E-state index in [1.165, 1.54) is 13.1 Å². The molecule has 0 spiro atoms. The van der Waals surface area contributed by atoms with E-state index in [1.807, 2.05) is 0 Å². The summed E-state index contributed by atoms with van der Waals surface area (Å²) in [4.78, 5) is 15.7. The minimum absolute atomic E-state index is 0.203. The molecule has 1 amide bonds. The van der Waals surface area contributed by atoms with Crippen molar-refractivity contribution in [1.82, 2.24) is 10.3 Å². The number of amides is 1. The summed E-state index contributed by atoms with van der Waals surface area (Å²) in [6.07, 6.45) is 1.56. The summed E-state index contributed by atoms with van der Waals surface area (Å²) in [6, 6.07) is 6.62. The second-order valence-corrected chi connectivity index (χ2v) is 4.33. The van der Waals surface area contributed by atoms with E-state index in [-0.39, 0.29) is 18.3 Å². The maximum atomic E-state index is 13.0. The summed E-state index contributed by atoms with van der Waals surface area (Å²) in [5, 5.41) is 5.48. The minimum Gasteiger partial charge on any atom is -0.492 e. The third kappa shape index (κ3) is 3.91. The molecule has 0 radical (unpaired) electrons. The van der Waals surface area contributed by atoms with Gasteiger partial charge in [-0.1, -0.05) is 0 Å². The average Bonchev–Trinajstić information content (AvgIpc) is 2.54. The molecule has 1 heterocycles. The van der Waals surface area contributed by atoms with Crippen LogP contribution < -0.4 is 15.4 Å². The molecule has 0 aliphatic rings. The Hall–Kier alpha value is -2.70. The molecule has 116 valence electrons. The van der Waals surface area contributed by atoms with Gasteiger partial charge in [0.25, 0.3) is 5.91 Å². The largest absolute Gasteiger partial charge is 0.492 e. The lowest BCUT2D eigenvalue weighted by Gasteiger charge is -2.11. The first-order valence-corrected chi connectivity index (χ1v) is 6.60. The van der Waals surface area contributed by atoms with Crippen LogP contribution >= 0.6 is 0 Å². The van der Waals surface area contributed by atoms with Crippen LogP contribution in [0.2, 0.25) is 0 Å². The van der Waals surface area contributed by atoms with E-state index in [0.29, 0.717) is 17.9 Å². The molecule has 7 heteroatoms. The van der Waals surface area contributed by atoms with Crippen LogP contribution in [0.15, 0.2) is 36.5 Å². The second-order valence-electron chi connectivity index (χ2n) is 4.33. The summed E-state index contributed by atoms with van der Waals surface area (Å²) < 4.78 is 31.1. The molecular weight excluding hydrogens is 292 g/mol. The van der Waals surface area contributed by atoms with Gasteiger partial charge in [-0.2, -0.15) is 0 Å². The standard InChI is InChI=1S/C15H15F2N3O2/c1-18-15(21)11-3-2-6-19-14(11)20-7-8-22-10-4-5-12(16)13(17)9-10/h2-6,9H,7-8H2,1H3,(H,18,21)(H,19,20). The van der Waals surface area contributed by atoms with Gasteiger partial charge < -0.3 is 15.4 Å². The van der Waals surface area contributed by atoms with E-state index in [2.05, 4.69) is 15.6 Å². The molecule has 22 heavy (non-hydrogen) atoms. The molecule has 2 rings (SSSR count). The Labute approximate surface area is 126 Å². The third-order valence-electron chi connectivity index (χ3n) is 2.83. The highest BCUT2D eigenvalue weighted by atomic mass is 19.2. The van der Waals surface area contributed by atoms with Crippen molar-refractivity contribution in [3.05, 3.63) is 53.7 Å². The summed E-state index contributed by atoms with van der Waals surface area (Å²) >= 11 is 0. The molecule has 0 atom stereocenters. The number of carbonyl (C=O) groups is 1. The number of ether oxygens (including phenoxy) is 1. The molecule has 1 aromatic heterocycles. The molecule has 2 N–H and O–H groups in total. The molecule has 2 aromatic rings. The molecule has 0 saturated heterocycles. The lowest BCUT2D eigenvalue weighted by molar-refractivity contribution is 0.0963. The van der Waals surface area contributed by atoms with Gasteiger partial charge in [-0.05, 0) is 24.3 Å². The number of hydrogen-bond acceptors (Lipinski definition) is 4. The van der Waals surface area contributed by atoms with Crippen LogP contribution in [-0.4, -0.2) is 31.1 Å². The van der Waals surface area contributed by atoms with Gasteiger partial charge in [0.15, 0.2) is 11.6 Å². The number of halogens is 2. The van der Waals surface area contributed by atoms with Gasteiger partial charge in [-0.25, -0.2) is 13.8 Å². The Morgan fingerprint density at radius 2 is 2.09 bits per heavy atom. The van der Waals surface area contributed by atoms with Gasteiger partial charge in [0.2, 0.25) is 0 Å². The molecule has 0 fully saturated rings. The van der Waals surface area contributed by atoms with Crippen molar-refractivity contribution in [2.45, 2.75) is 0 Å². The number of aromatic nitrogens is 1. The van der Waals surface area contributed by atoms with Crippen molar-refractivity contribution < 1.29 is 18.3 Å².